The molecule has 2 aliphatic rings. The summed E-state index contributed by atoms with van der Waals surface area (Å²) < 4.78 is 5.54. The van der Waals surface area contributed by atoms with Gasteiger partial charge < -0.3 is 10.1 Å². The lowest BCUT2D eigenvalue weighted by atomic mass is 9.80. The molecule has 0 aromatic rings. The average Bonchev–Trinajstić information content (AvgIpc) is 2.23. The van der Waals surface area contributed by atoms with Gasteiger partial charge in [-0.3, -0.25) is 0 Å². The SMILES string of the molecule is CC1CCNCC1CC1CCCOC1. The van der Waals surface area contributed by atoms with Gasteiger partial charge in [-0.05, 0) is 56.5 Å². The third-order valence-electron chi connectivity index (χ3n) is 3.88. The van der Waals surface area contributed by atoms with E-state index in [2.05, 4.69) is 12.2 Å². The van der Waals surface area contributed by atoms with Crippen LogP contribution in [0.5, 0.6) is 0 Å². The zero-order valence-corrected chi connectivity index (χ0v) is 9.30. The van der Waals surface area contributed by atoms with Crippen LogP contribution in [0.25, 0.3) is 0 Å². The highest BCUT2D eigenvalue weighted by Gasteiger charge is 2.25. The summed E-state index contributed by atoms with van der Waals surface area (Å²) in [7, 11) is 0. The van der Waals surface area contributed by atoms with Gasteiger partial charge >= 0.3 is 0 Å². The van der Waals surface area contributed by atoms with Crippen LogP contribution in [0.2, 0.25) is 0 Å². The molecule has 0 radical (unpaired) electrons. The van der Waals surface area contributed by atoms with E-state index in [1.54, 1.807) is 0 Å². The molecule has 2 heterocycles. The van der Waals surface area contributed by atoms with Crippen molar-refractivity contribution in [3.63, 3.8) is 0 Å². The summed E-state index contributed by atoms with van der Waals surface area (Å²) in [6.07, 6.45) is 5.41. The molecule has 2 saturated heterocycles. The van der Waals surface area contributed by atoms with E-state index < -0.39 is 0 Å². The van der Waals surface area contributed by atoms with Gasteiger partial charge in [0.05, 0.1) is 0 Å². The highest BCUT2D eigenvalue weighted by molar-refractivity contribution is 4.78. The molecule has 0 amide bonds. The van der Waals surface area contributed by atoms with Crippen molar-refractivity contribution in [2.45, 2.75) is 32.6 Å². The Labute approximate surface area is 87.4 Å². The van der Waals surface area contributed by atoms with E-state index >= 15 is 0 Å². The highest BCUT2D eigenvalue weighted by Crippen LogP contribution is 2.28. The summed E-state index contributed by atoms with van der Waals surface area (Å²) in [5, 5.41) is 3.51. The van der Waals surface area contributed by atoms with Crippen LogP contribution in [0, 0.1) is 17.8 Å². The van der Waals surface area contributed by atoms with Crippen LogP contribution < -0.4 is 5.32 Å². The molecule has 14 heavy (non-hydrogen) atoms. The molecule has 0 saturated carbocycles. The first kappa shape index (κ1) is 10.4. The van der Waals surface area contributed by atoms with Gasteiger partial charge in [0.15, 0.2) is 0 Å². The van der Waals surface area contributed by atoms with Gasteiger partial charge in [0.25, 0.3) is 0 Å². The van der Waals surface area contributed by atoms with Crippen molar-refractivity contribution in [2.24, 2.45) is 17.8 Å². The fourth-order valence-electron chi connectivity index (χ4n) is 2.79. The lowest BCUT2D eigenvalue weighted by Crippen LogP contribution is -2.37. The quantitative estimate of drug-likeness (QED) is 0.731. The molecule has 2 aliphatic heterocycles. The van der Waals surface area contributed by atoms with E-state index in [9.17, 15) is 0 Å². The monoisotopic (exact) mass is 197 g/mol. The minimum Gasteiger partial charge on any atom is -0.381 e. The number of rotatable bonds is 2. The molecule has 1 N–H and O–H groups in total. The lowest BCUT2D eigenvalue weighted by molar-refractivity contribution is 0.0390. The summed E-state index contributed by atoms with van der Waals surface area (Å²) in [4.78, 5) is 0. The van der Waals surface area contributed by atoms with Gasteiger partial charge in [0, 0.05) is 13.2 Å². The van der Waals surface area contributed by atoms with Gasteiger partial charge in [-0.15, -0.1) is 0 Å². The van der Waals surface area contributed by atoms with Crippen LogP contribution >= 0.6 is 0 Å². The number of ether oxygens (including phenoxy) is 1. The Hall–Kier alpha value is -0.0800. The van der Waals surface area contributed by atoms with Crippen molar-refractivity contribution >= 4 is 0 Å². The van der Waals surface area contributed by atoms with Gasteiger partial charge in [0.2, 0.25) is 0 Å². The zero-order valence-electron chi connectivity index (χ0n) is 9.30. The first-order valence-corrected chi connectivity index (χ1v) is 6.14. The van der Waals surface area contributed by atoms with Crippen molar-refractivity contribution in [1.29, 1.82) is 0 Å². The molecule has 0 spiro atoms. The van der Waals surface area contributed by atoms with E-state index in [1.807, 2.05) is 0 Å². The van der Waals surface area contributed by atoms with Crippen molar-refractivity contribution < 1.29 is 4.74 Å². The van der Waals surface area contributed by atoms with Crippen molar-refractivity contribution in [2.75, 3.05) is 26.3 Å². The Kier molecular flexibility index (Phi) is 3.82. The highest BCUT2D eigenvalue weighted by atomic mass is 16.5. The Morgan fingerprint density at radius 1 is 1.36 bits per heavy atom. The van der Waals surface area contributed by atoms with Crippen LogP contribution in [-0.2, 0) is 4.74 Å². The molecule has 0 aliphatic carbocycles. The lowest BCUT2D eigenvalue weighted by Gasteiger charge is -2.33. The van der Waals surface area contributed by atoms with E-state index in [0.29, 0.717) is 0 Å². The number of piperidine rings is 1. The van der Waals surface area contributed by atoms with E-state index in [-0.39, 0.29) is 0 Å². The van der Waals surface area contributed by atoms with Crippen LogP contribution in [0.3, 0.4) is 0 Å². The normalized spacial score (nSPS) is 39.6. The van der Waals surface area contributed by atoms with Crippen LogP contribution in [0.15, 0.2) is 0 Å². The first-order valence-electron chi connectivity index (χ1n) is 6.14. The molecule has 0 bridgehead atoms. The van der Waals surface area contributed by atoms with Crippen LogP contribution in [0.1, 0.15) is 32.6 Å². The molecule has 3 unspecified atom stereocenters. The number of hydrogen-bond donors (Lipinski definition) is 1. The minimum atomic E-state index is 0.844. The van der Waals surface area contributed by atoms with Crippen molar-refractivity contribution in [3.8, 4) is 0 Å². The predicted molar refractivity (Wildman–Crippen MR) is 58.3 cm³/mol. The Morgan fingerprint density at radius 2 is 2.29 bits per heavy atom. The first-order chi connectivity index (χ1) is 6.86. The topological polar surface area (TPSA) is 21.3 Å². The summed E-state index contributed by atoms with van der Waals surface area (Å²) >= 11 is 0. The second kappa shape index (κ2) is 5.13. The Morgan fingerprint density at radius 3 is 3.00 bits per heavy atom. The zero-order chi connectivity index (χ0) is 9.80. The number of nitrogens with one attached hydrogen (secondary N) is 1. The molecule has 2 fully saturated rings. The third kappa shape index (κ3) is 2.71. The van der Waals surface area contributed by atoms with Gasteiger partial charge in [-0.1, -0.05) is 6.92 Å². The molecule has 2 nitrogen and oxygen atoms in total. The van der Waals surface area contributed by atoms with Crippen LogP contribution in [-0.4, -0.2) is 26.3 Å². The molecule has 3 atom stereocenters. The predicted octanol–water partition coefficient (Wildman–Crippen LogP) is 2.05. The minimum absolute atomic E-state index is 0.844. The maximum atomic E-state index is 5.54. The summed E-state index contributed by atoms with van der Waals surface area (Å²) in [6, 6.07) is 0. The smallest absolute Gasteiger partial charge is 0.0494 e. The second-order valence-corrected chi connectivity index (χ2v) is 5.05. The summed E-state index contributed by atoms with van der Waals surface area (Å²) in [5.41, 5.74) is 0. The fourth-order valence-corrected chi connectivity index (χ4v) is 2.79. The molecular formula is C12H23NO. The number of hydrogen-bond acceptors (Lipinski definition) is 2. The summed E-state index contributed by atoms with van der Waals surface area (Å²) in [5.74, 6) is 2.66. The third-order valence-corrected chi connectivity index (χ3v) is 3.88. The standard InChI is InChI=1S/C12H23NO/c1-10-4-5-13-8-12(10)7-11-3-2-6-14-9-11/h10-13H,2-9H2,1H3. The molecular weight excluding hydrogens is 174 g/mol. The summed E-state index contributed by atoms with van der Waals surface area (Å²) in [6.45, 7) is 6.88. The molecule has 2 rings (SSSR count). The molecule has 0 aromatic heterocycles. The van der Waals surface area contributed by atoms with Gasteiger partial charge in [-0.25, -0.2) is 0 Å². The fraction of sp³-hybridized carbons (Fsp3) is 1.00. The Bertz CT molecular complexity index is 166. The second-order valence-electron chi connectivity index (χ2n) is 5.05. The van der Waals surface area contributed by atoms with Crippen molar-refractivity contribution in [1.82, 2.24) is 5.32 Å². The average molecular weight is 197 g/mol. The van der Waals surface area contributed by atoms with Crippen molar-refractivity contribution in [3.05, 3.63) is 0 Å². The molecule has 0 aromatic carbocycles. The largest absolute Gasteiger partial charge is 0.381 e. The maximum Gasteiger partial charge on any atom is 0.0494 e. The van der Waals surface area contributed by atoms with Gasteiger partial charge in [-0.2, -0.15) is 0 Å². The van der Waals surface area contributed by atoms with Gasteiger partial charge in [0.1, 0.15) is 0 Å². The molecule has 82 valence electrons. The van der Waals surface area contributed by atoms with Crippen LogP contribution in [0.4, 0.5) is 0 Å². The molecule has 2 heteroatoms. The van der Waals surface area contributed by atoms with E-state index in [1.165, 1.54) is 38.8 Å². The van der Waals surface area contributed by atoms with E-state index in [0.717, 1.165) is 31.0 Å². The Balaban J connectivity index is 1.76. The maximum absolute atomic E-state index is 5.54. The van der Waals surface area contributed by atoms with E-state index in [4.69, 9.17) is 4.74 Å².